The van der Waals surface area contributed by atoms with E-state index in [9.17, 15) is 4.39 Å². The van der Waals surface area contributed by atoms with E-state index in [1.54, 1.807) is 29.4 Å². The van der Waals surface area contributed by atoms with Crippen molar-refractivity contribution in [1.29, 1.82) is 5.26 Å². The lowest BCUT2D eigenvalue weighted by molar-refractivity contribution is 0.609. The van der Waals surface area contributed by atoms with E-state index in [1.165, 1.54) is 6.92 Å². The van der Waals surface area contributed by atoms with Gasteiger partial charge in [-0.25, -0.2) is 14.1 Å². The molecule has 0 fully saturated rings. The highest BCUT2D eigenvalue weighted by molar-refractivity contribution is 5.84. The van der Waals surface area contributed by atoms with Gasteiger partial charge in [-0.2, -0.15) is 5.26 Å². The lowest BCUT2D eigenvalue weighted by Gasteiger charge is -2.09. The van der Waals surface area contributed by atoms with Gasteiger partial charge in [0.25, 0.3) is 0 Å². The Morgan fingerprint density at radius 3 is 2.96 bits per heavy atom. The fourth-order valence-corrected chi connectivity index (χ4v) is 1.94. The van der Waals surface area contributed by atoms with Crippen molar-refractivity contribution in [2.75, 3.05) is 5.32 Å². The van der Waals surface area contributed by atoms with Crippen LogP contribution in [0.5, 0.6) is 0 Å². The molecule has 1 N–H and O–H groups in total. The molecule has 0 bridgehead atoms. The van der Waals surface area contributed by atoms with E-state index < -0.39 is 5.82 Å². The van der Waals surface area contributed by atoms with E-state index in [0.29, 0.717) is 12.2 Å². The Morgan fingerprint density at radius 1 is 1.56 bits per heavy atom. The highest BCUT2D eigenvalue weighted by atomic mass is 19.1. The molecule has 25 heavy (non-hydrogen) atoms. The Morgan fingerprint density at radius 2 is 2.36 bits per heavy atom. The Kier molecular flexibility index (Phi) is 6.12. The zero-order valence-corrected chi connectivity index (χ0v) is 14.1. The van der Waals surface area contributed by atoms with Gasteiger partial charge in [-0.1, -0.05) is 18.7 Å². The number of aromatic nitrogens is 4. The quantitative estimate of drug-likeness (QED) is 0.618. The van der Waals surface area contributed by atoms with Gasteiger partial charge in [-0.15, -0.1) is 5.10 Å². The maximum Gasteiger partial charge on any atom is 0.148 e. The van der Waals surface area contributed by atoms with Crippen LogP contribution in [0.2, 0.25) is 0 Å². The Balaban J connectivity index is 2.23. The standard InChI is InChI=1S/C17H18FN7/c1-4-14(10-20-15(5-2)11-25-7-6-21-24-25)23-17-13(9-19)8-16(18)12(3)22-17/h4,6-8,10H,1,5,11H2,2-3H3,(H,22,23)/b14-10+,20-15?. The second-order valence-electron chi connectivity index (χ2n) is 5.13. The predicted molar refractivity (Wildman–Crippen MR) is 93.3 cm³/mol. The van der Waals surface area contributed by atoms with E-state index in [1.807, 2.05) is 13.0 Å². The van der Waals surface area contributed by atoms with Crippen molar-refractivity contribution in [2.24, 2.45) is 4.99 Å². The van der Waals surface area contributed by atoms with E-state index in [2.05, 4.69) is 32.2 Å². The summed E-state index contributed by atoms with van der Waals surface area (Å²) in [6.45, 7) is 7.76. The first kappa shape index (κ1) is 18.0. The average molecular weight is 339 g/mol. The normalized spacial score (nSPS) is 11.9. The monoisotopic (exact) mass is 339 g/mol. The molecule has 0 radical (unpaired) electrons. The molecule has 0 spiro atoms. The Labute approximate surface area is 145 Å². The summed E-state index contributed by atoms with van der Waals surface area (Å²) in [6, 6.07) is 3.07. The highest BCUT2D eigenvalue weighted by Crippen LogP contribution is 2.17. The average Bonchev–Trinajstić information content (AvgIpc) is 3.12. The molecule has 7 nitrogen and oxygen atoms in total. The molecule has 0 aliphatic carbocycles. The molecule has 2 rings (SSSR count). The first-order valence-corrected chi connectivity index (χ1v) is 7.63. The lowest BCUT2D eigenvalue weighted by atomic mass is 10.2. The number of nitrogens with zero attached hydrogens (tertiary/aromatic N) is 6. The summed E-state index contributed by atoms with van der Waals surface area (Å²) < 4.78 is 15.2. The van der Waals surface area contributed by atoms with Crippen molar-refractivity contribution in [3.05, 3.63) is 60.1 Å². The molecular weight excluding hydrogens is 321 g/mol. The van der Waals surface area contributed by atoms with Gasteiger partial charge in [0, 0.05) is 11.9 Å². The molecule has 8 heteroatoms. The summed E-state index contributed by atoms with van der Waals surface area (Å²) in [5.74, 6) is -0.262. The van der Waals surface area contributed by atoms with E-state index in [4.69, 9.17) is 5.26 Å². The van der Waals surface area contributed by atoms with Crippen LogP contribution in [0.1, 0.15) is 24.6 Å². The first-order chi connectivity index (χ1) is 12.1. The van der Waals surface area contributed by atoms with Gasteiger partial charge >= 0.3 is 0 Å². The molecule has 2 aromatic rings. The van der Waals surface area contributed by atoms with Gasteiger partial charge < -0.3 is 5.32 Å². The number of aliphatic imine (C=N–C) groups is 1. The molecule has 0 amide bonds. The molecule has 0 saturated heterocycles. The van der Waals surface area contributed by atoms with Gasteiger partial charge in [0.2, 0.25) is 0 Å². The van der Waals surface area contributed by atoms with Gasteiger partial charge in [0.15, 0.2) is 0 Å². The number of pyridine rings is 1. The fraction of sp³-hybridized carbons (Fsp3) is 0.235. The minimum Gasteiger partial charge on any atom is -0.338 e. The maximum atomic E-state index is 13.5. The van der Waals surface area contributed by atoms with Crippen LogP contribution >= 0.6 is 0 Å². The number of halogens is 1. The summed E-state index contributed by atoms with van der Waals surface area (Å²) >= 11 is 0. The summed E-state index contributed by atoms with van der Waals surface area (Å²) in [4.78, 5) is 8.50. The third-order valence-electron chi connectivity index (χ3n) is 3.37. The minimum atomic E-state index is -0.523. The first-order valence-electron chi connectivity index (χ1n) is 7.63. The van der Waals surface area contributed by atoms with Crippen molar-refractivity contribution < 1.29 is 4.39 Å². The van der Waals surface area contributed by atoms with Crippen LogP contribution in [-0.2, 0) is 6.54 Å². The van der Waals surface area contributed by atoms with Crippen LogP contribution in [0.3, 0.4) is 0 Å². The smallest absolute Gasteiger partial charge is 0.148 e. The molecular formula is C17H18FN7. The summed E-state index contributed by atoms with van der Waals surface area (Å²) in [5, 5.41) is 19.8. The molecule has 2 heterocycles. The predicted octanol–water partition coefficient (Wildman–Crippen LogP) is 2.98. The van der Waals surface area contributed by atoms with Crippen LogP contribution in [0.15, 0.2) is 48.0 Å². The van der Waals surface area contributed by atoms with Crippen molar-refractivity contribution in [3.63, 3.8) is 0 Å². The minimum absolute atomic E-state index is 0.109. The molecule has 0 aliphatic rings. The second kappa shape index (κ2) is 8.49. The number of anilines is 1. The summed E-state index contributed by atoms with van der Waals surface area (Å²) in [7, 11) is 0. The molecule has 0 saturated carbocycles. The number of aryl methyl sites for hydroxylation is 1. The topological polar surface area (TPSA) is 91.8 Å². The maximum absolute atomic E-state index is 13.5. The lowest BCUT2D eigenvalue weighted by Crippen LogP contribution is -2.10. The zero-order valence-electron chi connectivity index (χ0n) is 14.1. The van der Waals surface area contributed by atoms with Crippen LogP contribution in [0.25, 0.3) is 0 Å². The molecule has 2 aromatic heterocycles. The Bertz CT molecular complexity index is 845. The van der Waals surface area contributed by atoms with Crippen LogP contribution < -0.4 is 5.32 Å². The van der Waals surface area contributed by atoms with Crippen molar-refractivity contribution >= 4 is 11.5 Å². The van der Waals surface area contributed by atoms with Crippen LogP contribution in [0.4, 0.5) is 10.2 Å². The van der Waals surface area contributed by atoms with Gasteiger partial charge in [-0.05, 0) is 25.5 Å². The number of hydrogen-bond donors (Lipinski definition) is 1. The van der Waals surface area contributed by atoms with Gasteiger partial charge in [-0.3, -0.25) is 4.99 Å². The van der Waals surface area contributed by atoms with E-state index in [0.717, 1.165) is 18.2 Å². The van der Waals surface area contributed by atoms with Gasteiger partial charge in [0.1, 0.15) is 17.7 Å². The molecule has 0 atom stereocenters. The second-order valence-corrected chi connectivity index (χ2v) is 5.13. The number of allylic oxidation sites excluding steroid dienone is 1. The molecule has 0 unspecified atom stereocenters. The number of rotatable bonds is 7. The van der Waals surface area contributed by atoms with E-state index >= 15 is 0 Å². The Hall–Kier alpha value is -3.34. The molecule has 0 aromatic carbocycles. The summed E-state index contributed by atoms with van der Waals surface area (Å²) in [5.41, 5.74) is 1.74. The van der Waals surface area contributed by atoms with Crippen molar-refractivity contribution in [2.45, 2.75) is 26.8 Å². The van der Waals surface area contributed by atoms with Crippen LogP contribution in [0, 0.1) is 24.1 Å². The van der Waals surface area contributed by atoms with Crippen molar-refractivity contribution in [3.8, 4) is 6.07 Å². The highest BCUT2D eigenvalue weighted by Gasteiger charge is 2.09. The summed E-state index contributed by atoms with van der Waals surface area (Å²) in [6.07, 6.45) is 7.23. The molecule has 128 valence electrons. The van der Waals surface area contributed by atoms with Gasteiger partial charge in [0.05, 0.1) is 35.9 Å². The largest absolute Gasteiger partial charge is 0.338 e. The third-order valence-corrected chi connectivity index (χ3v) is 3.37. The number of hydrogen-bond acceptors (Lipinski definition) is 6. The third kappa shape index (κ3) is 4.81. The SMILES string of the molecule is C=C/C(=C\N=C(CC)Cn1ccnn1)Nc1nc(C)c(F)cc1C#N. The van der Waals surface area contributed by atoms with E-state index in [-0.39, 0.29) is 17.1 Å². The fourth-order valence-electron chi connectivity index (χ4n) is 1.94. The number of nitriles is 1. The zero-order chi connectivity index (χ0) is 18.2. The van der Waals surface area contributed by atoms with Crippen LogP contribution in [-0.4, -0.2) is 25.7 Å². The molecule has 0 aliphatic heterocycles. The van der Waals surface area contributed by atoms with Crippen molar-refractivity contribution in [1.82, 2.24) is 20.0 Å². The number of nitrogens with one attached hydrogen (secondary N) is 1.